The molecule has 2 rings (SSSR count). The molecule has 0 aliphatic carbocycles. The second-order valence-electron chi connectivity index (χ2n) is 3.67. The second kappa shape index (κ2) is 5.94. The summed E-state index contributed by atoms with van der Waals surface area (Å²) >= 11 is 11.6. The molecule has 6 nitrogen and oxygen atoms in total. The average molecular weight is 314 g/mol. The number of anilines is 1. The molecule has 2 aromatic rings. The van der Waals surface area contributed by atoms with Crippen molar-refractivity contribution in [2.75, 3.05) is 12.4 Å². The van der Waals surface area contributed by atoms with Gasteiger partial charge in [0.15, 0.2) is 10.3 Å². The highest BCUT2D eigenvalue weighted by molar-refractivity contribution is 6.38. The lowest BCUT2D eigenvalue weighted by atomic mass is 10.2. The van der Waals surface area contributed by atoms with Crippen molar-refractivity contribution >= 4 is 34.8 Å². The molecular weight excluding hydrogens is 305 g/mol. The predicted molar refractivity (Wildman–Crippen MR) is 74.7 cm³/mol. The van der Waals surface area contributed by atoms with Crippen molar-refractivity contribution < 1.29 is 14.6 Å². The van der Waals surface area contributed by atoms with Crippen LogP contribution in [0.1, 0.15) is 10.4 Å². The molecule has 0 atom stereocenters. The van der Waals surface area contributed by atoms with E-state index < -0.39 is 5.91 Å². The van der Waals surface area contributed by atoms with Gasteiger partial charge in [-0.25, -0.2) is 9.97 Å². The summed E-state index contributed by atoms with van der Waals surface area (Å²) in [6, 6.07) is 4.27. The summed E-state index contributed by atoms with van der Waals surface area (Å²) < 4.78 is 4.93. The Balaban J connectivity index is 2.29. The zero-order valence-corrected chi connectivity index (χ0v) is 11.7. The van der Waals surface area contributed by atoms with Crippen LogP contribution in [0.15, 0.2) is 24.5 Å². The number of ether oxygens (including phenoxy) is 1. The van der Waals surface area contributed by atoms with E-state index in [1.165, 1.54) is 25.6 Å². The molecule has 0 unspecified atom stereocenters. The molecule has 0 spiro atoms. The van der Waals surface area contributed by atoms with Crippen molar-refractivity contribution in [1.29, 1.82) is 0 Å². The number of amides is 1. The number of phenols is 1. The number of hydrogen-bond donors (Lipinski definition) is 2. The Labute approximate surface area is 124 Å². The van der Waals surface area contributed by atoms with Gasteiger partial charge in [-0.1, -0.05) is 23.2 Å². The van der Waals surface area contributed by atoms with Gasteiger partial charge in [-0.3, -0.25) is 4.79 Å². The number of nitrogens with one attached hydrogen (secondary N) is 1. The number of carbonyl (C=O) groups is 1. The number of aromatic hydroxyl groups is 1. The van der Waals surface area contributed by atoms with Crippen LogP contribution in [0.25, 0.3) is 0 Å². The minimum atomic E-state index is -0.594. The Morgan fingerprint density at radius 1 is 1.30 bits per heavy atom. The van der Waals surface area contributed by atoms with Gasteiger partial charge >= 0.3 is 0 Å². The minimum absolute atomic E-state index is 0.00588. The number of nitrogens with zero attached hydrogens (tertiary/aromatic N) is 2. The smallest absolute Gasteiger partial charge is 0.259 e. The maximum atomic E-state index is 12.1. The molecule has 0 aliphatic rings. The molecule has 0 fully saturated rings. The van der Waals surface area contributed by atoms with Crippen LogP contribution in [-0.4, -0.2) is 28.1 Å². The summed E-state index contributed by atoms with van der Waals surface area (Å²) in [6.45, 7) is 0. The molecule has 0 saturated carbocycles. The predicted octanol–water partition coefficient (Wildman–Crippen LogP) is 2.75. The first-order valence-electron chi connectivity index (χ1n) is 5.37. The van der Waals surface area contributed by atoms with Crippen molar-refractivity contribution in [1.82, 2.24) is 9.97 Å². The molecule has 1 heterocycles. The number of rotatable bonds is 3. The van der Waals surface area contributed by atoms with Gasteiger partial charge in [-0.2, -0.15) is 0 Å². The van der Waals surface area contributed by atoms with Gasteiger partial charge in [-0.05, 0) is 12.1 Å². The fourth-order valence-corrected chi connectivity index (χ4v) is 1.87. The van der Waals surface area contributed by atoms with Crippen LogP contribution in [0.2, 0.25) is 10.3 Å². The van der Waals surface area contributed by atoms with Gasteiger partial charge in [-0.15, -0.1) is 0 Å². The molecule has 0 aliphatic heterocycles. The van der Waals surface area contributed by atoms with Crippen molar-refractivity contribution in [2.45, 2.75) is 0 Å². The highest BCUT2D eigenvalue weighted by atomic mass is 35.5. The molecule has 2 N–H and O–H groups in total. The van der Waals surface area contributed by atoms with E-state index in [4.69, 9.17) is 27.9 Å². The van der Waals surface area contributed by atoms with Crippen LogP contribution in [0.3, 0.4) is 0 Å². The summed E-state index contributed by atoms with van der Waals surface area (Å²) in [5.41, 5.74) is 0.123. The molecule has 8 heteroatoms. The van der Waals surface area contributed by atoms with Crippen molar-refractivity contribution in [2.24, 2.45) is 0 Å². The Bertz CT molecular complexity index is 644. The van der Waals surface area contributed by atoms with Crippen LogP contribution < -0.4 is 10.1 Å². The molecule has 104 valence electrons. The first-order chi connectivity index (χ1) is 9.52. The van der Waals surface area contributed by atoms with Crippen LogP contribution in [0.4, 0.5) is 5.69 Å². The van der Waals surface area contributed by atoms with Crippen LogP contribution in [0.5, 0.6) is 11.5 Å². The third kappa shape index (κ3) is 2.92. The molecule has 1 aromatic carbocycles. The van der Waals surface area contributed by atoms with E-state index in [0.717, 1.165) is 0 Å². The van der Waals surface area contributed by atoms with Crippen LogP contribution in [-0.2, 0) is 0 Å². The number of phenolic OH excluding ortho intramolecular Hbond substituents is 1. The molecular formula is C12H9Cl2N3O3. The highest BCUT2D eigenvalue weighted by Crippen LogP contribution is 2.28. The van der Waals surface area contributed by atoms with Gasteiger partial charge < -0.3 is 15.2 Å². The monoisotopic (exact) mass is 313 g/mol. The van der Waals surface area contributed by atoms with E-state index in [0.29, 0.717) is 5.75 Å². The molecule has 0 radical (unpaired) electrons. The lowest BCUT2D eigenvalue weighted by Gasteiger charge is -2.09. The Morgan fingerprint density at radius 2 is 1.95 bits per heavy atom. The number of halogens is 2. The summed E-state index contributed by atoms with van der Waals surface area (Å²) in [5.74, 6) is -0.396. The van der Waals surface area contributed by atoms with Crippen molar-refractivity contribution in [3.63, 3.8) is 0 Å². The van der Waals surface area contributed by atoms with Gasteiger partial charge in [0.1, 0.15) is 23.5 Å². The Kier molecular flexibility index (Phi) is 4.26. The standard InChI is InChI=1S/C12H9Cl2N3O3/c1-20-6-2-3-7(8(18)4-6)12(19)17-9-10(13)15-5-16-11(9)14/h2-5,18H,1H3,(H,17,19). The third-order valence-corrected chi connectivity index (χ3v) is 3.02. The third-order valence-electron chi connectivity index (χ3n) is 2.44. The number of carbonyl (C=O) groups excluding carboxylic acids is 1. The fourth-order valence-electron chi connectivity index (χ4n) is 1.46. The molecule has 1 aromatic heterocycles. The van der Waals surface area contributed by atoms with Crippen LogP contribution in [0, 0.1) is 0 Å². The maximum absolute atomic E-state index is 12.1. The SMILES string of the molecule is COc1ccc(C(=O)Nc2c(Cl)ncnc2Cl)c(O)c1. The minimum Gasteiger partial charge on any atom is -0.507 e. The first-order valence-corrected chi connectivity index (χ1v) is 6.13. The van der Waals surface area contributed by atoms with E-state index in [-0.39, 0.29) is 27.3 Å². The van der Waals surface area contributed by atoms with E-state index in [2.05, 4.69) is 15.3 Å². The number of hydrogen-bond acceptors (Lipinski definition) is 5. The van der Waals surface area contributed by atoms with E-state index >= 15 is 0 Å². The Hall–Kier alpha value is -2.05. The normalized spacial score (nSPS) is 10.2. The van der Waals surface area contributed by atoms with Gasteiger partial charge in [0.25, 0.3) is 5.91 Å². The summed E-state index contributed by atoms with van der Waals surface area (Å²) in [6.07, 6.45) is 1.17. The zero-order valence-electron chi connectivity index (χ0n) is 10.2. The summed E-state index contributed by atoms with van der Waals surface area (Å²) in [7, 11) is 1.45. The van der Waals surface area contributed by atoms with Crippen LogP contribution >= 0.6 is 23.2 Å². The van der Waals surface area contributed by atoms with Crippen molar-refractivity contribution in [3.8, 4) is 11.5 Å². The maximum Gasteiger partial charge on any atom is 0.259 e. The van der Waals surface area contributed by atoms with Gasteiger partial charge in [0.2, 0.25) is 0 Å². The van der Waals surface area contributed by atoms with E-state index in [9.17, 15) is 9.90 Å². The zero-order chi connectivity index (χ0) is 14.7. The number of aromatic nitrogens is 2. The molecule has 0 saturated heterocycles. The fraction of sp³-hybridized carbons (Fsp3) is 0.0833. The number of benzene rings is 1. The quantitative estimate of drug-likeness (QED) is 0.851. The lowest BCUT2D eigenvalue weighted by molar-refractivity contribution is 0.102. The van der Waals surface area contributed by atoms with Crippen molar-refractivity contribution in [3.05, 3.63) is 40.4 Å². The molecule has 20 heavy (non-hydrogen) atoms. The highest BCUT2D eigenvalue weighted by Gasteiger charge is 2.16. The summed E-state index contributed by atoms with van der Waals surface area (Å²) in [4.78, 5) is 19.5. The largest absolute Gasteiger partial charge is 0.507 e. The first kappa shape index (κ1) is 14.4. The number of methoxy groups -OCH3 is 1. The Morgan fingerprint density at radius 3 is 2.50 bits per heavy atom. The summed E-state index contributed by atoms with van der Waals surface area (Å²) in [5, 5.41) is 12.2. The van der Waals surface area contributed by atoms with Gasteiger partial charge in [0, 0.05) is 6.07 Å². The van der Waals surface area contributed by atoms with E-state index in [1.807, 2.05) is 0 Å². The lowest BCUT2D eigenvalue weighted by Crippen LogP contribution is -2.13. The molecule has 1 amide bonds. The average Bonchev–Trinajstić information content (AvgIpc) is 2.42. The molecule has 0 bridgehead atoms. The topological polar surface area (TPSA) is 84.3 Å². The van der Waals surface area contributed by atoms with Gasteiger partial charge in [0.05, 0.1) is 12.7 Å². The van der Waals surface area contributed by atoms with E-state index in [1.54, 1.807) is 6.07 Å². The second-order valence-corrected chi connectivity index (χ2v) is 4.38.